The van der Waals surface area contributed by atoms with Crippen molar-refractivity contribution in [2.24, 2.45) is 5.92 Å². The van der Waals surface area contributed by atoms with E-state index in [2.05, 4.69) is 4.98 Å². The molecule has 0 saturated heterocycles. The van der Waals surface area contributed by atoms with Crippen molar-refractivity contribution < 1.29 is 37.6 Å². The molecular formula is C15H24N2O10P2. The molecule has 1 unspecified atom stereocenters. The van der Waals surface area contributed by atoms with Crippen LogP contribution in [0.4, 0.5) is 0 Å². The van der Waals surface area contributed by atoms with Gasteiger partial charge in [0.25, 0.3) is 5.56 Å². The van der Waals surface area contributed by atoms with Gasteiger partial charge in [0.05, 0.1) is 18.2 Å². The molecule has 0 radical (unpaired) electrons. The monoisotopic (exact) mass is 454 g/mol. The van der Waals surface area contributed by atoms with E-state index in [4.69, 9.17) is 23.6 Å². The summed E-state index contributed by atoms with van der Waals surface area (Å²) in [4.78, 5) is 53.9. The lowest BCUT2D eigenvalue weighted by molar-refractivity contribution is -0.0241. The van der Waals surface area contributed by atoms with Crippen LogP contribution in [0, 0.1) is 5.92 Å². The molecule has 1 aliphatic carbocycles. The summed E-state index contributed by atoms with van der Waals surface area (Å²) in [6.07, 6.45) is -0.258. The number of ether oxygens (including phenoxy) is 1. The zero-order valence-electron chi connectivity index (χ0n) is 15.9. The fourth-order valence-electron chi connectivity index (χ4n) is 3.26. The highest BCUT2D eigenvalue weighted by Crippen LogP contribution is 2.52. The molecule has 5 atom stereocenters. The molecule has 0 spiro atoms. The minimum Gasteiger partial charge on any atom is -0.378 e. The number of aromatic nitrogens is 2. The molecule has 0 aromatic carbocycles. The quantitative estimate of drug-likeness (QED) is 0.409. The Hall–Kier alpha value is -1.36. The molecule has 1 aromatic rings. The van der Waals surface area contributed by atoms with Gasteiger partial charge >= 0.3 is 21.1 Å². The number of hydrogen-bond acceptors (Lipinski definition) is 7. The molecule has 1 aliphatic rings. The summed E-state index contributed by atoms with van der Waals surface area (Å²) >= 11 is 0. The van der Waals surface area contributed by atoms with E-state index in [1.165, 1.54) is 33.2 Å². The molecule has 29 heavy (non-hydrogen) atoms. The molecule has 0 bridgehead atoms. The lowest BCUT2D eigenvalue weighted by Gasteiger charge is -2.28. The smallest absolute Gasteiger partial charge is 0.378 e. The normalized spacial score (nSPS) is 27.6. The molecule has 2 rings (SSSR count). The number of phosphoric ester groups is 1. The summed E-state index contributed by atoms with van der Waals surface area (Å²) in [5, 5.41) is 0. The van der Waals surface area contributed by atoms with Gasteiger partial charge < -0.3 is 19.4 Å². The van der Waals surface area contributed by atoms with Crippen LogP contribution in [-0.2, 0) is 22.9 Å². The van der Waals surface area contributed by atoms with Gasteiger partial charge in [-0.05, 0) is 20.3 Å². The first-order valence-corrected chi connectivity index (χ1v) is 11.8. The number of nitrogens with zero attached hydrogens (tertiary/aromatic N) is 1. The van der Waals surface area contributed by atoms with Crippen molar-refractivity contribution >= 4 is 15.4 Å². The lowest BCUT2D eigenvalue weighted by atomic mass is 10.1. The molecule has 1 fully saturated rings. The van der Waals surface area contributed by atoms with Crippen molar-refractivity contribution in [2.45, 2.75) is 44.6 Å². The molecule has 4 N–H and O–H groups in total. The van der Waals surface area contributed by atoms with E-state index in [0.29, 0.717) is 5.82 Å². The Kier molecular flexibility index (Phi) is 7.58. The highest BCUT2D eigenvalue weighted by atomic mass is 31.2. The Labute approximate surface area is 165 Å². The molecule has 1 aromatic heterocycles. The van der Waals surface area contributed by atoms with E-state index >= 15 is 0 Å². The maximum atomic E-state index is 12.3. The maximum Gasteiger partial charge on any atom is 0.472 e. The van der Waals surface area contributed by atoms with Crippen LogP contribution in [0.1, 0.15) is 26.3 Å². The molecule has 164 valence electrons. The summed E-state index contributed by atoms with van der Waals surface area (Å²) in [7, 11) is -7.72. The Morgan fingerprint density at radius 2 is 1.90 bits per heavy atom. The van der Waals surface area contributed by atoms with Crippen molar-refractivity contribution in [3.63, 3.8) is 0 Å². The van der Waals surface area contributed by atoms with E-state index in [9.17, 15) is 23.6 Å². The Balaban J connectivity index is 2.47. The summed E-state index contributed by atoms with van der Waals surface area (Å²) in [6, 6.07) is 0.217. The van der Waals surface area contributed by atoms with Gasteiger partial charge in [0.2, 0.25) is 0 Å². The van der Waals surface area contributed by atoms with E-state index in [1.54, 1.807) is 0 Å². The highest BCUT2D eigenvalue weighted by molar-refractivity contribution is 7.55. The first-order chi connectivity index (χ1) is 13.3. The van der Waals surface area contributed by atoms with E-state index in [-0.39, 0.29) is 6.42 Å². The second kappa shape index (κ2) is 9.20. The number of aromatic amines is 1. The summed E-state index contributed by atoms with van der Waals surface area (Å²) < 4.78 is 40.2. The van der Waals surface area contributed by atoms with Crippen molar-refractivity contribution in [1.29, 1.82) is 0 Å². The maximum absolute atomic E-state index is 12.3. The van der Waals surface area contributed by atoms with Gasteiger partial charge in [-0.15, -0.1) is 0 Å². The third-order valence-corrected chi connectivity index (χ3v) is 6.00. The Morgan fingerprint density at radius 1 is 1.24 bits per heavy atom. The zero-order valence-corrected chi connectivity index (χ0v) is 17.7. The van der Waals surface area contributed by atoms with E-state index in [0.717, 1.165) is 10.6 Å². The third kappa shape index (κ3) is 6.56. The minimum absolute atomic E-state index is 0.0767. The number of phosphoric acid groups is 1. The standard InChI is InChI=1S/C15H24N2O10P2/c1-9(2)26-29(23,24)27-14-11(17-6-4-12(18)16-15(17)19)8-10(13(14)25-3)5-7-28(20,21)22/h4-7,9-11,13-14H,8H2,1-3H3,(H,23,24)(H,16,18,19)(H2,20,21,22)/b7-5+/t10-,11+,13+,14-/m0/s1. The van der Waals surface area contributed by atoms with Crippen LogP contribution >= 0.6 is 15.4 Å². The van der Waals surface area contributed by atoms with Crippen LogP contribution in [0.2, 0.25) is 0 Å². The SMILES string of the molecule is CO[C@H]1[C@@H](OP(=O)(O)OC(C)C)[C@H](n2ccc(=O)[nH]c2=O)C[C@@H]1/C=C/P(=O)(O)O. The average Bonchev–Trinajstić information content (AvgIpc) is 2.87. The van der Waals surface area contributed by atoms with Crippen molar-refractivity contribution in [3.8, 4) is 0 Å². The van der Waals surface area contributed by atoms with Gasteiger partial charge in [-0.3, -0.25) is 28.0 Å². The largest absolute Gasteiger partial charge is 0.472 e. The lowest BCUT2D eigenvalue weighted by Crippen LogP contribution is -2.38. The fraction of sp³-hybridized carbons (Fsp3) is 0.600. The van der Waals surface area contributed by atoms with Crippen LogP contribution in [-0.4, -0.2) is 49.7 Å². The predicted molar refractivity (Wildman–Crippen MR) is 101 cm³/mol. The minimum atomic E-state index is -4.55. The Bertz CT molecular complexity index is 949. The summed E-state index contributed by atoms with van der Waals surface area (Å²) in [6.45, 7) is 3.06. The second-order valence-corrected chi connectivity index (χ2v) is 9.64. The summed E-state index contributed by atoms with van der Waals surface area (Å²) in [5.74, 6) is 0.0301. The highest BCUT2D eigenvalue weighted by Gasteiger charge is 2.48. The van der Waals surface area contributed by atoms with Crippen LogP contribution in [0.3, 0.4) is 0 Å². The number of H-pyrrole nitrogens is 1. The van der Waals surface area contributed by atoms with Gasteiger partial charge in [0, 0.05) is 31.1 Å². The van der Waals surface area contributed by atoms with E-state index in [1.807, 2.05) is 0 Å². The van der Waals surface area contributed by atoms with Gasteiger partial charge in [-0.25, -0.2) is 9.36 Å². The molecular weight excluding hydrogens is 430 g/mol. The van der Waals surface area contributed by atoms with Crippen molar-refractivity contribution in [2.75, 3.05) is 7.11 Å². The van der Waals surface area contributed by atoms with Crippen molar-refractivity contribution in [3.05, 3.63) is 45.0 Å². The fourth-order valence-corrected chi connectivity index (χ4v) is 4.86. The number of rotatable bonds is 8. The van der Waals surface area contributed by atoms with Crippen LogP contribution in [0.15, 0.2) is 33.7 Å². The van der Waals surface area contributed by atoms with Crippen LogP contribution in [0.25, 0.3) is 0 Å². The number of hydrogen-bond donors (Lipinski definition) is 4. The van der Waals surface area contributed by atoms with Crippen LogP contribution < -0.4 is 11.2 Å². The molecule has 1 heterocycles. The predicted octanol–water partition coefficient (Wildman–Crippen LogP) is 0.715. The van der Waals surface area contributed by atoms with Crippen molar-refractivity contribution in [1.82, 2.24) is 9.55 Å². The summed E-state index contributed by atoms with van der Waals surface area (Å²) in [5.41, 5.74) is -1.40. The molecule has 0 amide bonds. The third-order valence-electron chi connectivity index (χ3n) is 4.25. The van der Waals surface area contributed by atoms with Gasteiger partial charge in [-0.2, -0.15) is 0 Å². The Morgan fingerprint density at radius 3 is 2.41 bits per heavy atom. The van der Waals surface area contributed by atoms with Gasteiger partial charge in [0.1, 0.15) is 6.10 Å². The second-order valence-electron chi connectivity index (χ2n) is 6.81. The first-order valence-electron chi connectivity index (χ1n) is 8.61. The molecule has 14 heteroatoms. The number of nitrogens with one attached hydrogen (secondary N) is 1. The topological polar surface area (TPSA) is 177 Å². The van der Waals surface area contributed by atoms with Gasteiger partial charge in [0.15, 0.2) is 0 Å². The molecule has 12 nitrogen and oxygen atoms in total. The van der Waals surface area contributed by atoms with Gasteiger partial charge in [-0.1, -0.05) is 6.08 Å². The zero-order chi connectivity index (χ0) is 22.0. The number of methoxy groups -OCH3 is 1. The average molecular weight is 454 g/mol. The molecule has 1 saturated carbocycles. The molecule has 0 aliphatic heterocycles. The van der Waals surface area contributed by atoms with E-state index < -0.39 is 56.9 Å². The first kappa shape index (κ1) is 23.9. The van der Waals surface area contributed by atoms with Crippen LogP contribution in [0.5, 0.6) is 0 Å².